The van der Waals surface area contributed by atoms with Crippen molar-refractivity contribution in [1.82, 2.24) is 5.01 Å². The third-order valence-electron chi connectivity index (χ3n) is 6.08. The van der Waals surface area contributed by atoms with Gasteiger partial charge in [0.2, 0.25) is 0 Å². The molecule has 1 fully saturated rings. The fourth-order valence-electron chi connectivity index (χ4n) is 4.13. The third kappa shape index (κ3) is 6.80. The summed E-state index contributed by atoms with van der Waals surface area (Å²) in [6.07, 6.45) is 0.605. The number of hydrogen-bond donors (Lipinski definition) is 4. The van der Waals surface area contributed by atoms with E-state index in [1.165, 1.54) is 6.20 Å². The molecule has 0 saturated carbocycles. The molecule has 4 unspecified atom stereocenters. The SMILES string of the molecule is CN(CCCC1CC(N(N)/C=C(\N)c2cc(F)c(F)c(F)c2)C(O)C(CO)O1)c1cccc(Cl)c1. The van der Waals surface area contributed by atoms with Gasteiger partial charge >= 0.3 is 0 Å². The van der Waals surface area contributed by atoms with Gasteiger partial charge in [-0.05, 0) is 49.6 Å². The Bertz CT molecular complexity index is 1020. The second-order valence-electron chi connectivity index (χ2n) is 8.60. The standard InChI is InChI=1S/C24H30ClF3N4O3/c1-31(16-5-2-4-15(25)10-16)7-3-6-17-11-21(24(34)22(13-33)35-17)32(30)12-20(29)14-8-18(26)23(28)19(27)9-14/h2,4-5,8-10,12,17,21-22,24,33-34H,3,6-7,11,13,29-30H2,1H3/b20-12-. The molecule has 7 nitrogen and oxygen atoms in total. The van der Waals surface area contributed by atoms with E-state index in [0.717, 1.165) is 35.8 Å². The van der Waals surface area contributed by atoms with Gasteiger partial charge in [0.1, 0.15) is 12.2 Å². The largest absolute Gasteiger partial charge is 0.397 e. The summed E-state index contributed by atoms with van der Waals surface area (Å²) < 4.78 is 46.2. The number of aliphatic hydroxyl groups is 2. The van der Waals surface area contributed by atoms with Crippen molar-refractivity contribution in [2.24, 2.45) is 11.6 Å². The smallest absolute Gasteiger partial charge is 0.194 e. The van der Waals surface area contributed by atoms with Gasteiger partial charge in [-0.15, -0.1) is 0 Å². The summed E-state index contributed by atoms with van der Waals surface area (Å²) >= 11 is 6.06. The topological polar surface area (TPSA) is 108 Å². The zero-order valence-electron chi connectivity index (χ0n) is 19.3. The van der Waals surface area contributed by atoms with Crippen LogP contribution >= 0.6 is 11.6 Å². The molecule has 0 amide bonds. The van der Waals surface area contributed by atoms with Crippen molar-refractivity contribution in [3.05, 3.63) is 70.6 Å². The average molecular weight is 515 g/mol. The molecular weight excluding hydrogens is 485 g/mol. The third-order valence-corrected chi connectivity index (χ3v) is 6.32. The fraction of sp³-hybridized carbons (Fsp3) is 0.417. The highest BCUT2D eigenvalue weighted by molar-refractivity contribution is 6.30. The Balaban J connectivity index is 1.65. The lowest BCUT2D eigenvalue weighted by molar-refractivity contribution is -0.162. The Morgan fingerprint density at radius 3 is 2.54 bits per heavy atom. The van der Waals surface area contributed by atoms with Gasteiger partial charge in [0, 0.05) is 36.1 Å². The van der Waals surface area contributed by atoms with Gasteiger partial charge < -0.3 is 30.6 Å². The average Bonchev–Trinajstić information content (AvgIpc) is 2.82. The molecule has 0 aliphatic carbocycles. The molecule has 11 heteroatoms. The Hall–Kier alpha value is -2.50. The summed E-state index contributed by atoms with van der Waals surface area (Å²) in [5, 5.41) is 22.1. The molecule has 6 N–H and O–H groups in total. The van der Waals surface area contributed by atoms with Crippen LogP contribution in [0.4, 0.5) is 18.9 Å². The van der Waals surface area contributed by atoms with E-state index in [1.54, 1.807) is 6.07 Å². The number of aliphatic hydroxyl groups excluding tert-OH is 2. The van der Waals surface area contributed by atoms with Gasteiger partial charge in [-0.1, -0.05) is 17.7 Å². The van der Waals surface area contributed by atoms with Gasteiger partial charge in [-0.2, -0.15) is 0 Å². The predicted octanol–water partition coefficient (Wildman–Crippen LogP) is 2.99. The van der Waals surface area contributed by atoms with Crippen molar-refractivity contribution in [3.8, 4) is 0 Å². The van der Waals surface area contributed by atoms with Crippen molar-refractivity contribution >= 4 is 23.0 Å². The van der Waals surface area contributed by atoms with Crippen molar-refractivity contribution in [2.75, 3.05) is 25.1 Å². The van der Waals surface area contributed by atoms with Gasteiger partial charge in [-0.25, -0.2) is 19.0 Å². The number of benzene rings is 2. The number of nitrogens with zero attached hydrogens (tertiary/aromatic N) is 2. The number of rotatable bonds is 9. The number of hydrazine groups is 1. The Labute approximate surface area is 207 Å². The Morgan fingerprint density at radius 1 is 1.23 bits per heavy atom. The summed E-state index contributed by atoms with van der Waals surface area (Å²) in [6, 6.07) is 8.33. The lowest BCUT2D eigenvalue weighted by Gasteiger charge is -2.42. The van der Waals surface area contributed by atoms with Crippen LogP contribution in [0.25, 0.3) is 5.70 Å². The maximum Gasteiger partial charge on any atom is 0.194 e. The van der Waals surface area contributed by atoms with Gasteiger partial charge in [0.15, 0.2) is 17.5 Å². The van der Waals surface area contributed by atoms with Crippen LogP contribution in [0.1, 0.15) is 24.8 Å². The molecule has 2 aromatic carbocycles. The van der Waals surface area contributed by atoms with E-state index in [-0.39, 0.29) is 17.4 Å². The lowest BCUT2D eigenvalue weighted by atomic mass is 9.93. The minimum atomic E-state index is -1.60. The Morgan fingerprint density at radius 2 is 1.91 bits per heavy atom. The van der Waals surface area contributed by atoms with Crippen molar-refractivity contribution in [2.45, 2.75) is 43.6 Å². The highest BCUT2D eigenvalue weighted by Crippen LogP contribution is 2.27. The first kappa shape index (κ1) is 27.1. The van der Waals surface area contributed by atoms with E-state index in [2.05, 4.69) is 4.90 Å². The molecule has 35 heavy (non-hydrogen) atoms. The van der Waals surface area contributed by atoms with Crippen LogP contribution in [0, 0.1) is 17.5 Å². The highest BCUT2D eigenvalue weighted by Gasteiger charge is 2.39. The van der Waals surface area contributed by atoms with Crippen LogP contribution in [-0.2, 0) is 4.74 Å². The molecule has 0 aromatic heterocycles. The first-order chi connectivity index (χ1) is 16.6. The van der Waals surface area contributed by atoms with Crippen molar-refractivity contribution in [3.63, 3.8) is 0 Å². The zero-order chi connectivity index (χ0) is 25.7. The molecule has 192 valence electrons. The number of ether oxygens (including phenoxy) is 1. The first-order valence-corrected chi connectivity index (χ1v) is 11.5. The monoisotopic (exact) mass is 514 g/mol. The molecule has 4 atom stereocenters. The summed E-state index contributed by atoms with van der Waals surface area (Å²) in [5.41, 5.74) is 6.68. The van der Waals surface area contributed by atoms with E-state index in [4.69, 9.17) is 27.9 Å². The molecule has 0 radical (unpaired) electrons. The molecule has 1 saturated heterocycles. The summed E-state index contributed by atoms with van der Waals surface area (Å²) in [7, 11) is 1.95. The molecule has 1 aliphatic rings. The van der Waals surface area contributed by atoms with Crippen molar-refractivity contribution < 1.29 is 28.1 Å². The van der Waals surface area contributed by atoms with Crippen molar-refractivity contribution in [1.29, 1.82) is 0 Å². The highest BCUT2D eigenvalue weighted by atomic mass is 35.5. The van der Waals surface area contributed by atoms with E-state index < -0.39 is 42.3 Å². The molecule has 1 heterocycles. The summed E-state index contributed by atoms with van der Waals surface area (Å²) in [5.74, 6) is 1.77. The van der Waals surface area contributed by atoms with Gasteiger partial charge in [-0.3, -0.25) is 0 Å². The first-order valence-electron chi connectivity index (χ1n) is 11.2. The van der Waals surface area contributed by atoms with Crippen LogP contribution < -0.4 is 16.5 Å². The molecule has 0 bridgehead atoms. The van der Waals surface area contributed by atoms with Crippen LogP contribution in [0.2, 0.25) is 5.02 Å². The molecule has 1 aliphatic heterocycles. The molecular formula is C24H30ClF3N4O3. The molecule has 3 rings (SSSR count). The maximum absolute atomic E-state index is 13.6. The number of hydrogen-bond acceptors (Lipinski definition) is 7. The van der Waals surface area contributed by atoms with E-state index in [1.807, 2.05) is 25.2 Å². The number of nitrogens with two attached hydrogens (primary N) is 2. The maximum atomic E-state index is 13.6. The van der Waals surface area contributed by atoms with Crippen LogP contribution in [0.3, 0.4) is 0 Å². The van der Waals surface area contributed by atoms with Gasteiger partial charge in [0.05, 0.1) is 24.4 Å². The van der Waals surface area contributed by atoms with E-state index in [9.17, 15) is 23.4 Å². The van der Waals surface area contributed by atoms with E-state index in [0.29, 0.717) is 17.9 Å². The number of anilines is 1. The van der Waals surface area contributed by atoms with Crippen LogP contribution in [-0.4, -0.2) is 59.8 Å². The quantitative estimate of drug-likeness (QED) is 0.231. The molecule has 2 aromatic rings. The fourth-order valence-corrected chi connectivity index (χ4v) is 4.31. The second kappa shape index (κ2) is 12.0. The number of halogens is 4. The zero-order valence-corrected chi connectivity index (χ0v) is 20.0. The second-order valence-corrected chi connectivity index (χ2v) is 9.04. The summed E-state index contributed by atoms with van der Waals surface area (Å²) in [4.78, 5) is 2.06. The predicted molar refractivity (Wildman–Crippen MR) is 129 cm³/mol. The van der Waals surface area contributed by atoms with E-state index >= 15 is 0 Å². The van der Waals surface area contributed by atoms with Crippen LogP contribution in [0.15, 0.2) is 42.6 Å². The molecule has 0 spiro atoms. The minimum Gasteiger partial charge on any atom is -0.397 e. The van der Waals surface area contributed by atoms with Gasteiger partial charge in [0.25, 0.3) is 0 Å². The normalized spacial score (nSPS) is 22.8. The van der Waals surface area contributed by atoms with Crippen LogP contribution in [0.5, 0.6) is 0 Å². The Kier molecular flexibility index (Phi) is 9.26. The minimum absolute atomic E-state index is 0.0993. The lowest BCUT2D eigenvalue weighted by Crippen LogP contribution is -2.57. The summed E-state index contributed by atoms with van der Waals surface area (Å²) in [6.45, 7) is 0.302.